The molecule has 12 heavy (non-hydrogen) atoms. The van der Waals surface area contributed by atoms with Crippen molar-refractivity contribution in [2.24, 2.45) is 0 Å². The Morgan fingerprint density at radius 2 is 2.33 bits per heavy atom. The molecule has 4 heteroatoms. The average molecular weight is 189 g/mol. The molecule has 0 saturated carbocycles. The van der Waals surface area contributed by atoms with Crippen molar-refractivity contribution in [1.82, 2.24) is 5.32 Å². The summed E-state index contributed by atoms with van der Waals surface area (Å²) in [6, 6.07) is -0.166. The summed E-state index contributed by atoms with van der Waals surface area (Å²) in [4.78, 5) is 11.3. The largest absolute Gasteiger partial charge is 0.468 e. The maximum Gasteiger partial charge on any atom is 0.324 e. The lowest BCUT2D eigenvalue weighted by atomic mass is 10.0. The maximum absolute atomic E-state index is 11.3. The summed E-state index contributed by atoms with van der Waals surface area (Å²) in [5.41, 5.74) is 0. The Labute approximate surface area is 77.2 Å². The van der Waals surface area contributed by atoms with E-state index in [9.17, 15) is 4.79 Å². The predicted molar refractivity (Wildman–Crippen MR) is 50.3 cm³/mol. The second kappa shape index (κ2) is 3.66. The van der Waals surface area contributed by atoms with E-state index in [0.717, 1.165) is 12.3 Å². The molecule has 70 valence electrons. The van der Waals surface area contributed by atoms with Gasteiger partial charge in [-0.15, -0.1) is 0 Å². The molecular formula is C8H15NO2S. The van der Waals surface area contributed by atoms with Gasteiger partial charge in [-0.2, -0.15) is 11.8 Å². The second-order valence-electron chi connectivity index (χ2n) is 3.36. The first-order chi connectivity index (χ1) is 5.58. The third kappa shape index (κ3) is 1.93. The van der Waals surface area contributed by atoms with Crippen molar-refractivity contribution in [2.75, 3.05) is 19.4 Å². The number of ether oxygens (including phenoxy) is 1. The Morgan fingerprint density at radius 3 is 2.83 bits per heavy atom. The van der Waals surface area contributed by atoms with Gasteiger partial charge in [-0.05, 0) is 13.8 Å². The molecule has 0 bridgehead atoms. The highest BCUT2D eigenvalue weighted by Crippen LogP contribution is 2.31. The number of methoxy groups -OCH3 is 1. The predicted octanol–water partition coefficient (Wildman–Crippen LogP) is 0.643. The number of hydrogen-bond acceptors (Lipinski definition) is 4. The van der Waals surface area contributed by atoms with Crippen LogP contribution in [0.2, 0.25) is 0 Å². The van der Waals surface area contributed by atoms with Crippen LogP contribution in [0.25, 0.3) is 0 Å². The molecule has 1 N–H and O–H groups in total. The zero-order chi connectivity index (χ0) is 9.19. The molecule has 0 unspecified atom stereocenters. The summed E-state index contributed by atoms with van der Waals surface area (Å²) in [6.45, 7) is 5.00. The van der Waals surface area contributed by atoms with Crippen molar-refractivity contribution in [3.8, 4) is 0 Å². The molecule has 1 heterocycles. The Balaban J connectivity index is 2.66. The number of esters is 1. The van der Waals surface area contributed by atoms with Gasteiger partial charge in [0.2, 0.25) is 0 Å². The molecule has 0 aliphatic carbocycles. The van der Waals surface area contributed by atoms with Crippen LogP contribution in [0.3, 0.4) is 0 Å². The van der Waals surface area contributed by atoms with E-state index in [1.807, 2.05) is 11.8 Å². The van der Waals surface area contributed by atoms with Gasteiger partial charge in [0.15, 0.2) is 0 Å². The van der Waals surface area contributed by atoms with Crippen molar-refractivity contribution < 1.29 is 9.53 Å². The Kier molecular flexibility index (Phi) is 3.01. The van der Waals surface area contributed by atoms with E-state index in [1.165, 1.54) is 7.11 Å². The van der Waals surface area contributed by atoms with E-state index in [2.05, 4.69) is 19.2 Å². The number of carbonyl (C=O) groups excluding carboxylic acids is 1. The van der Waals surface area contributed by atoms with Gasteiger partial charge in [-0.25, -0.2) is 0 Å². The fraction of sp³-hybridized carbons (Fsp3) is 0.875. The van der Waals surface area contributed by atoms with E-state index in [1.54, 1.807) is 0 Å². The van der Waals surface area contributed by atoms with Crippen LogP contribution in [0.1, 0.15) is 13.8 Å². The molecule has 0 aromatic carbocycles. The molecule has 0 spiro atoms. The highest BCUT2D eigenvalue weighted by molar-refractivity contribution is 8.00. The zero-order valence-electron chi connectivity index (χ0n) is 7.72. The topological polar surface area (TPSA) is 38.3 Å². The van der Waals surface area contributed by atoms with Crippen LogP contribution >= 0.6 is 11.8 Å². The standard InChI is InChI=1S/C8H15NO2S/c1-8(2)6(7(10)11-3)9-4-5-12-8/h6,9H,4-5H2,1-3H3/t6-/m1/s1. The lowest BCUT2D eigenvalue weighted by Crippen LogP contribution is -2.54. The average Bonchev–Trinajstić information content (AvgIpc) is 2.02. The molecule has 0 aromatic heterocycles. The van der Waals surface area contributed by atoms with Crippen molar-refractivity contribution >= 4 is 17.7 Å². The van der Waals surface area contributed by atoms with Crippen LogP contribution in [0.5, 0.6) is 0 Å². The molecule has 1 aliphatic rings. The van der Waals surface area contributed by atoms with Crippen molar-refractivity contribution in [2.45, 2.75) is 24.6 Å². The van der Waals surface area contributed by atoms with Gasteiger partial charge >= 0.3 is 5.97 Å². The number of hydrogen-bond donors (Lipinski definition) is 1. The van der Waals surface area contributed by atoms with Crippen LogP contribution in [0.4, 0.5) is 0 Å². The number of carbonyl (C=O) groups is 1. The fourth-order valence-corrected chi connectivity index (χ4v) is 2.42. The second-order valence-corrected chi connectivity index (χ2v) is 5.11. The lowest BCUT2D eigenvalue weighted by molar-refractivity contribution is -0.143. The molecule has 1 aliphatic heterocycles. The molecule has 0 radical (unpaired) electrons. The summed E-state index contributed by atoms with van der Waals surface area (Å²) in [6.07, 6.45) is 0. The Morgan fingerprint density at radius 1 is 1.67 bits per heavy atom. The van der Waals surface area contributed by atoms with E-state index >= 15 is 0 Å². The third-order valence-electron chi connectivity index (χ3n) is 2.06. The SMILES string of the molecule is COC(=O)[C@H]1NCCSC1(C)C. The summed E-state index contributed by atoms with van der Waals surface area (Å²) in [5.74, 6) is 0.896. The Hall–Kier alpha value is -0.220. The summed E-state index contributed by atoms with van der Waals surface area (Å²) in [7, 11) is 1.43. The minimum absolute atomic E-state index is 0.0503. The number of nitrogens with one attached hydrogen (secondary N) is 1. The third-order valence-corrected chi connectivity index (χ3v) is 3.44. The van der Waals surface area contributed by atoms with Crippen molar-refractivity contribution in [1.29, 1.82) is 0 Å². The summed E-state index contributed by atoms with van der Waals surface area (Å²) < 4.78 is 4.66. The van der Waals surface area contributed by atoms with Gasteiger partial charge < -0.3 is 10.1 Å². The van der Waals surface area contributed by atoms with Crippen LogP contribution in [0, 0.1) is 0 Å². The molecule has 0 amide bonds. The highest BCUT2D eigenvalue weighted by atomic mass is 32.2. The van der Waals surface area contributed by atoms with Crippen LogP contribution in [-0.2, 0) is 9.53 Å². The quantitative estimate of drug-likeness (QED) is 0.614. The molecule has 3 nitrogen and oxygen atoms in total. The van der Waals surface area contributed by atoms with Crippen LogP contribution in [-0.4, -0.2) is 36.2 Å². The van der Waals surface area contributed by atoms with Crippen LogP contribution in [0.15, 0.2) is 0 Å². The van der Waals surface area contributed by atoms with Crippen molar-refractivity contribution in [3.05, 3.63) is 0 Å². The maximum atomic E-state index is 11.3. The minimum atomic E-state index is -0.166. The minimum Gasteiger partial charge on any atom is -0.468 e. The van der Waals surface area contributed by atoms with E-state index in [0.29, 0.717) is 0 Å². The lowest BCUT2D eigenvalue weighted by Gasteiger charge is -2.36. The van der Waals surface area contributed by atoms with Gasteiger partial charge in [0.05, 0.1) is 7.11 Å². The van der Waals surface area contributed by atoms with Gasteiger partial charge in [0, 0.05) is 17.0 Å². The van der Waals surface area contributed by atoms with Gasteiger partial charge in [-0.1, -0.05) is 0 Å². The number of rotatable bonds is 1. The van der Waals surface area contributed by atoms with E-state index in [-0.39, 0.29) is 16.8 Å². The first-order valence-electron chi connectivity index (χ1n) is 4.03. The molecule has 1 saturated heterocycles. The fourth-order valence-electron chi connectivity index (χ4n) is 1.33. The smallest absolute Gasteiger partial charge is 0.324 e. The molecule has 1 atom stereocenters. The highest BCUT2D eigenvalue weighted by Gasteiger charge is 2.38. The summed E-state index contributed by atoms with van der Waals surface area (Å²) >= 11 is 1.81. The van der Waals surface area contributed by atoms with E-state index < -0.39 is 0 Å². The molecular weight excluding hydrogens is 174 g/mol. The number of thioether (sulfide) groups is 1. The van der Waals surface area contributed by atoms with E-state index in [4.69, 9.17) is 4.74 Å². The van der Waals surface area contributed by atoms with Crippen molar-refractivity contribution in [3.63, 3.8) is 0 Å². The molecule has 0 aromatic rings. The summed E-state index contributed by atoms with van der Waals surface area (Å²) in [5, 5.41) is 3.16. The molecule has 1 fully saturated rings. The van der Waals surface area contributed by atoms with Crippen LogP contribution < -0.4 is 5.32 Å². The molecule has 1 rings (SSSR count). The normalized spacial score (nSPS) is 28.1. The Bertz CT molecular complexity index is 182. The van der Waals surface area contributed by atoms with Gasteiger partial charge in [0.1, 0.15) is 6.04 Å². The zero-order valence-corrected chi connectivity index (χ0v) is 8.53. The first-order valence-corrected chi connectivity index (χ1v) is 5.01. The monoisotopic (exact) mass is 189 g/mol. The first kappa shape index (κ1) is 9.86. The van der Waals surface area contributed by atoms with Gasteiger partial charge in [0.25, 0.3) is 0 Å². The van der Waals surface area contributed by atoms with Gasteiger partial charge in [-0.3, -0.25) is 4.79 Å².